The molecule has 1 aromatic carbocycles. The molecule has 0 amide bonds. The highest BCUT2D eigenvalue weighted by Gasteiger charge is 2.23. The van der Waals surface area contributed by atoms with Crippen molar-refractivity contribution in [1.82, 2.24) is 9.97 Å². The molecule has 0 unspecified atom stereocenters. The third-order valence-corrected chi connectivity index (χ3v) is 5.17. The average Bonchev–Trinajstić information content (AvgIpc) is 2.91. The maximum atomic E-state index is 14.1. The van der Waals surface area contributed by atoms with Crippen LogP contribution in [0.2, 0.25) is 0 Å². The zero-order valence-corrected chi connectivity index (χ0v) is 14.0. The van der Waals surface area contributed by atoms with Crippen LogP contribution in [0.5, 0.6) is 0 Å². The first-order valence-corrected chi connectivity index (χ1v) is 9.09. The van der Waals surface area contributed by atoms with Crippen LogP contribution in [0, 0.1) is 18.6 Å². The van der Waals surface area contributed by atoms with E-state index in [1.807, 2.05) is 12.3 Å². The molecule has 5 nitrogen and oxygen atoms in total. The first-order valence-electron chi connectivity index (χ1n) is 6.67. The molecule has 3 rings (SSSR count). The van der Waals surface area contributed by atoms with E-state index in [4.69, 9.17) is 5.14 Å². The highest BCUT2D eigenvalue weighted by molar-refractivity contribution is 7.89. The standard InChI is InChI=1S/C15H11F2N3O2S2/c1-8-7-23-15(20-8)10-3-2-4-19-13(10)9-5-11(16)14(12(17)6-9)24(18,21)22/h2-7H,1H3,(H2,18,21,22). The monoisotopic (exact) mass is 367 g/mol. The third-order valence-electron chi connectivity index (χ3n) is 3.21. The van der Waals surface area contributed by atoms with E-state index in [1.165, 1.54) is 17.5 Å². The number of nitrogens with two attached hydrogens (primary N) is 1. The van der Waals surface area contributed by atoms with Crippen molar-refractivity contribution >= 4 is 21.4 Å². The number of aryl methyl sites for hydroxylation is 1. The predicted octanol–water partition coefficient (Wildman–Crippen LogP) is 3.11. The quantitative estimate of drug-likeness (QED) is 0.771. The molecule has 24 heavy (non-hydrogen) atoms. The van der Waals surface area contributed by atoms with Crippen molar-refractivity contribution in [3.63, 3.8) is 0 Å². The summed E-state index contributed by atoms with van der Waals surface area (Å²) in [4.78, 5) is 7.35. The van der Waals surface area contributed by atoms with E-state index in [1.54, 1.807) is 12.1 Å². The molecule has 0 saturated heterocycles. The van der Waals surface area contributed by atoms with Gasteiger partial charge in [-0.15, -0.1) is 11.3 Å². The lowest BCUT2D eigenvalue weighted by atomic mass is 10.1. The fourth-order valence-electron chi connectivity index (χ4n) is 2.25. The van der Waals surface area contributed by atoms with Crippen molar-refractivity contribution in [2.45, 2.75) is 11.8 Å². The number of primary sulfonamides is 1. The van der Waals surface area contributed by atoms with Crippen LogP contribution in [0.15, 0.2) is 40.7 Å². The van der Waals surface area contributed by atoms with Gasteiger partial charge >= 0.3 is 0 Å². The largest absolute Gasteiger partial charge is 0.256 e. The van der Waals surface area contributed by atoms with Gasteiger partial charge in [0.05, 0.1) is 5.69 Å². The van der Waals surface area contributed by atoms with Crippen LogP contribution in [-0.4, -0.2) is 18.4 Å². The van der Waals surface area contributed by atoms with Crippen LogP contribution in [0.25, 0.3) is 21.8 Å². The number of pyridine rings is 1. The van der Waals surface area contributed by atoms with Gasteiger partial charge in [-0.1, -0.05) is 0 Å². The Morgan fingerprint density at radius 3 is 2.42 bits per heavy atom. The molecule has 0 atom stereocenters. The van der Waals surface area contributed by atoms with E-state index in [0.717, 1.165) is 17.8 Å². The van der Waals surface area contributed by atoms with Crippen LogP contribution >= 0.6 is 11.3 Å². The van der Waals surface area contributed by atoms with Gasteiger partial charge in [0.2, 0.25) is 10.0 Å². The minimum Gasteiger partial charge on any atom is -0.256 e. The number of hydrogen-bond donors (Lipinski definition) is 1. The van der Waals surface area contributed by atoms with Gasteiger partial charge in [0.1, 0.15) is 16.6 Å². The zero-order chi connectivity index (χ0) is 17.5. The summed E-state index contributed by atoms with van der Waals surface area (Å²) < 4.78 is 50.8. The second-order valence-electron chi connectivity index (χ2n) is 5.01. The van der Waals surface area contributed by atoms with Gasteiger partial charge in [-0.05, 0) is 31.2 Å². The van der Waals surface area contributed by atoms with Gasteiger partial charge < -0.3 is 0 Å². The van der Waals surface area contributed by atoms with Crippen molar-refractivity contribution in [3.8, 4) is 21.8 Å². The number of rotatable bonds is 3. The number of sulfonamides is 1. The highest BCUT2D eigenvalue weighted by atomic mass is 32.2. The summed E-state index contributed by atoms with van der Waals surface area (Å²) in [7, 11) is -4.50. The van der Waals surface area contributed by atoms with E-state index in [2.05, 4.69) is 9.97 Å². The lowest BCUT2D eigenvalue weighted by Gasteiger charge is -2.09. The van der Waals surface area contributed by atoms with Gasteiger partial charge in [-0.3, -0.25) is 4.98 Å². The van der Waals surface area contributed by atoms with Gasteiger partial charge in [-0.25, -0.2) is 27.3 Å². The summed E-state index contributed by atoms with van der Waals surface area (Å²) in [5.74, 6) is -2.53. The molecule has 0 radical (unpaired) electrons. The molecule has 2 aromatic heterocycles. The first kappa shape index (κ1) is 16.6. The molecule has 0 aliphatic heterocycles. The summed E-state index contributed by atoms with van der Waals surface area (Å²) in [5, 5.41) is 7.33. The molecule has 0 spiro atoms. The van der Waals surface area contributed by atoms with E-state index < -0.39 is 26.6 Å². The Bertz CT molecular complexity index is 1010. The molecule has 0 fully saturated rings. The lowest BCUT2D eigenvalue weighted by Crippen LogP contribution is -2.16. The topological polar surface area (TPSA) is 85.9 Å². The summed E-state index contributed by atoms with van der Waals surface area (Å²) in [6, 6.07) is 5.20. The van der Waals surface area contributed by atoms with Crippen LogP contribution in [0.4, 0.5) is 8.78 Å². The molecule has 3 aromatic rings. The second kappa shape index (κ2) is 6.00. The summed E-state index contributed by atoms with van der Waals surface area (Å²) in [6.45, 7) is 1.83. The number of hydrogen-bond acceptors (Lipinski definition) is 5. The maximum absolute atomic E-state index is 14.1. The van der Waals surface area contributed by atoms with Crippen molar-refractivity contribution in [3.05, 3.63) is 53.2 Å². The molecule has 2 N–H and O–H groups in total. The van der Waals surface area contributed by atoms with Crippen LogP contribution in [-0.2, 0) is 10.0 Å². The number of nitrogens with zero attached hydrogens (tertiary/aromatic N) is 2. The Morgan fingerprint density at radius 1 is 1.21 bits per heavy atom. The van der Waals surface area contributed by atoms with Crippen molar-refractivity contribution < 1.29 is 17.2 Å². The van der Waals surface area contributed by atoms with E-state index in [-0.39, 0.29) is 5.56 Å². The lowest BCUT2D eigenvalue weighted by molar-refractivity contribution is 0.520. The molecule has 2 heterocycles. The molecular formula is C15H11F2N3O2S2. The van der Waals surface area contributed by atoms with Crippen LogP contribution in [0.1, 0.15) is 5.69 Å². The van der Waals surface area contributed by atoms with E-state index in [0.29, 0.717) is 16.3 Å². The number of thiazole rings is 1. The third kappa shape index (κ3) is 3.05. The normalized spacial score (nSPS) is 11.7. The Morgan fingerprint density at radius 2 is 1.88 bits per heavy atom. The SMILES string of the molecule is Cc1csc(-c2cccnc2-c2cc(F)c(S(N)(=O)=O)c(F)c2)n1. The van der Waals surface area contributed by atoms with Crippen molar-refractivity contribution in [2.75, 3.05) is 0 Å². The van der Waals surface area contributed by atoms with Crippen LogP contribution < -0.4 is 5.14 Å². The zero-order valence-electron chi connectivity index (χ0n) is 12.3. The fourth-order valence-corrected chi connectivity index (χ4v) is 3.74. The first-order chi connectivity index (χ1) is 11.3. The summed E-state index contributed by atoms with van der Waals surface area (Å²) in [5.41, 5.74) is 1.80. The van der Waals surface area contributed by atoms with Gasteiger partial charge in [-0.2, -0.15) is 0 Å². The molecule has 0 aliphatic rings. The fraction of sp³-hybridized carbons (Fsp3) is 0.0667. The molecule has 0 aliphatic carbocycles. The predicted molar refractivity (Wildman–Crippen MR) is 86.8 cm³/mol. The minimum absolute atomic E-state index is 0.0980. The summed E-state index contributed by atoms with van der Waals surface area (Å²) in [6.07, 6.45) is 1.47. The molecule has 9 heteroatoms. The molecular weight excluding hydrogens is 356 g/mol. The number of aromatic nitrogens is 2. The van der Waals surface area contributed by atoms with Crippen LogP contribution in [0.3, 0.4) is 0 Å². The Kier molecular flexibility index (Phi) is 4.16. The number of halogens is 2. The van der Waals surface area contributed by atoms with E-state index >= 15 is 0 Å². The van der Waals surface area contributed by atoms with E-state index in [9.17, 15) is 17.2 Å². The van der Waals surface area contributed by atoms with Crippen molar-refractivity contribution in [1.29, 1.82) is 0 Å². The highest BCUT2D eigenvalue weighted by Crippen LogP contribution is 2.34. The smallest absolute Gasteiger partial charge is 0.243 e. The summed E-state index contributed by atoms with van der Waals surface area (Å²) >= 11 is 1.37. The maximum Gasteiger partial charge on any atom is 0.243 e. The van der Waals surface area contributed by atoms with Crippen molar-refractivity contribution in [2.24, 2.45) is 5.14 Å². The second-order valence-corrected chi connectivity index (χ2v) is 7.36. The minimum atomic E-state index is -4.50. The number of benzene rings is 1. The average molecular weight is 367 g/mol. The molecule has 0 bridgehead atoms. The van der Waals surface area contributed by atoms with Gasteiger partial charge in [0.15, 0.2) is 4.90 Å². The Balaban J connectivity index is 2.21. The Hall–Kier alpha value is -2.23. The molecule has 124 valence electrons. The van der Waals surface area contributed by atoms with Gasteiger partial charge in [0, 0.05) is 28.4 Å². The Labute approximate surface area is 140 Å². The molecule has 0 saturated carbocycles. The van der Waals surface area contributed by atoms with Gasteiger partial charge in [0.25, 0.3) is 0 Å².